The molecule has 0 aliphatic heterocycles. The van der Waals surface area contributed by atoms with Gasteiger partial charge in [-0.2, -0.15) is 12.7 Å². The molecule has 0 unspecified atom stereocenters. The number of nitrogens with one attached hydrogen (secondary N) is 2. The Labute approximate surface area is 115 Å². The van der Waals surface area contributed by atoms with Crippen LogP contribution >= 0.6 is 0 Å². The number of anilines is 1. The van der Waals surface area contributed by atoms with Gasteiger partial charge in [-0.25, -0.2) is 9.71 Å². The fraction of sp³-hybridized carbons (Fsp3) is 0.273. The molecule has 0 saturated carbocycles. The number of hydrogen-bond donors (Lipinski definition) is 3. The molecule has 0 saturated heterocycles. The zero-order chi connectivity index (χ0) is 14.8. The highest BCUT2D eigenvalue weighted by Gasteiger charge is 2.19. The van der Waals surface area contributed by atoms with E-state index >= 15 is 0 Å². The molecule has 0 amide bonds. The molecule has 20 heavy (non-hydrogen) atoms. The first-order chi connectivity index (χ1) is 9.38. The fourth-order valence-corrected chi connectivity index (χ4v) is 2.40. The SMILES string of the molecule is CN(CCC(=O)O)S(=O)(=O)Nc1nc2ccccc2[nH]1. The Balaban J connectivity index is 2.12. The minimum absolute atomic E-state index is 0.0911. The van der Waals surface area contributed by atoms with Gasteiger partial charge in [0, 0.05) is 13.6 Å². The fourth-order valence-electron chi connectivity index (χ4n) is 1.57. The molecule has 1 aromatic heterocycles. The highest BCUT2D eigenvalue weighted by atomic mass is 32.2. The lowest BCUT2D eigenvalue weighted by molar-refractivity contribution is -0.137. The molecule has 2 aromatic rings. The number of nitrogens with zero attached hydrogens (tertiary/aromatic N) is 2. The van der Waals surface area contributed by atoms with Crippen LogP contribution in [0.2, 0.25) is 0 Å². The number of H-pyrrole nitrogens is 1. The first-order valence-corrected chi connectivity index (χ1v) is 7.23. The number of aliphatic carboxylic acids is 1. The van der Waals surface area contributed by atoms with Crippen molar-refractivity contribution in [2.45, 2.75) is 6.42 Å². The van der Waals surface area contributed by atoms with E-state index in [9.17, 15) is 13.2 Å². The molecule has 0 aliphatic carbocycles. The summed E-state index contributed by atoms with van der Waals surface area (Å²) in [6, 6.07) is 7.12. The van der Waals surface area contributed by atoms with Gasteiger partial charge >= 0.3 is 16.2 Å². The molecular weight excluding hydrogens is 284 g/mol. The largest absolute Gasteiger partial charge is 0.481 e. The normalized spacial score (nSPS) is 11.9. The van der Waals surface area contributed by atoms with E-state index in [2.05, 4.69) is 14.7 Å². The smallest absolute Gasteiger partial charge is 0.304 e. The average molecular weight is 298 g/mol. The number of aromatic nitrogens is 2. The topological polar surface area (TPSA) is 115 Å². The Morgan fingerprint density at radius 2 is 2.15 bits per heavy atom. The van der Waals surface area contributed by atoms with Gasteiger partial charge in [0.15, 0.2) is 0 Å². The number of rotatable bonds is 6. The quantitative estimate of drug-likeness (QED) is 0.723. The number of carboxylic acid groups (broad SMARTS) is 1. The number of carboxylic acids is 1. The van der Waals surface area contributed by atoms with E-state index in [1.54, 1.807) is 24.3 Å². The van der Waals surface area contributed by atoms with Crippen LogP contribution in [0, 0.1) is 0 Å². The average Bonchev–Trinajstić information content (AvgIpc) is 2.76. The number of aromatic amines is 1. The molecule has 0 bridgehead atoms. The lowest BCUT2D eigenvalue weighted by atomic mass is 10.3. The highest BCUT2D eigenvalue weighted by molar-refractivity contribution is 7.90. The van der Waals surface area contributed by atoms with Gasteiger partial charge in [-0.1, -0.05) is 12.1 Å². The number of hydrogen-bond acceptors (Lipinski definition) is 4. The van der Waals surface area contributed by atoms with Gasteiger partial charge in [-0.3, -0.25) is 4.79 Å². The Morgan fingerprint density at radius 1 is 1.45 bits per heavy atom. The molecule has 3 N–H and O–H groups in total. The Kier molecular flexibility index (Phi) is 3.91. The molecule has 0 fully saturated rings. The minimum atomic E-state index is -3.83. The molecule has 9 heteroatoms. The summed E-state index contributed by atoms with van der Waals surface area (Å²) in [5.74, 6) is -0.968. The van der Waals surface area contributed by atoms with Gasteiger partial charge in [0.2, 0.25) is 5.95 Å². The van der Waals surface area contributed by atoms with Gasteiger partial charge in [0.1, 0.15) is 0 Å². The molecule has 1 heterocycles. The van der Waals surface area contributed by atoms with E-state index in [1.165, 1.54) is 7.05 Å². The maximum atomic E-state index is 12.0. The van der Waals surface area contributed by atoms with E-state index < -0.39 is 16.2 Å². The molecule has 0 spiro atoms. The lowest BCUT2D eigenvalue weighted by Crippen LogP contribution is -2.34. The highest BCUT2D eigenvalue weighted by Crippen LogP contribution is 2.14. The summed E-state index contributed by atoms with van der Waals surface area (Å²) in [6.45, 7) is -0.120. The summed E-state index contributed by atoms with van der Waals surface area (Å²) < 4.78 is 27.1. The second kappa shape index (κ2) is 5.47. The molecule has 0 aliphatic rings. The third-order valence-corrected chi connectivity index (χ3v) is 4.12. The van der Waals surface area contributed by atoms with Crippen LogP contribution < -0.4 is 4.72 Å². The van der Waals surface area contributed by atoms with Crippen LogP contribution in [0.3, 0.4) is 0 Å². The number of fused-ring (bicyclic) bond motifs is 1. The van der Waals surface area contributed by atoms with Crippen LogP contribution in [0.4, 0.5) is 5.95 Å². The van der Waals surface area contributed by atoms with Crippen LogP contribution in [-0.2, 0) is 15.0 Å². The van der Waals surface area contributed by atoms with Crippen LogP contribution in [0.15, 0.2) is 24.3 Å². The number of imidazole rings is 1. The third-order valence-electron chi connectivity index (χ3n) is 2.67. The van der Waals surface area contributed by atoms with E-state index in [4.69, 9.17) is 5.11 Å². The van der Waals surface area contributed by atoms with Crippen molar-refractivity contribution in [2.24, 2.45) is 0 Å². The summed E-state index contributed by atoms with van der Waals surface area (Å²) in [4.78, 5) is 17.4. The van der Waals surface area contributed by atoms with Crippen LogP contribution in [0.1, 0.15) is 6.42 Å². The maximum Gasteiger partial charge on any atom is 0.304 e. The van der Waals surface area contributed by atoms with Crippen LogP contribution in [-0.4, -0.2) is 47.4 Å². The first-order valence-electron chi connectivity index (χ1n) is 5.79. The Bertz CT molecular complexity index is 692. The van der Waals surface area contributed by atoms with Crippen molar-refractivity contribution < 1.29 is 18.3 Å². The summed E-state index contributed by atoms with van der Waals surface area (Å²) in [5, 5.41) is 8.55. The van der Waals surface area contributed by atoms with Crippen molar-refractivity contribution in [3.05, 3.63) is 24.3 Å². The molecule has 108 valence electrons. The van der Waals surface area contributed by atoms with Crippen molar-refractivity contribution in [2.75, 3.05) is 18.3 Å². The summed E-state index contributed by atoms with van der Waals surface area (Å²) >= 11 is 0. The lowest BCUT2D eigenvalue weighted by Gasteiger charge is -2.15. The standard InChI is InChI=1S/C11H14N4O4S/c1-15(7-6-10(16)17)20(18,19)14-11-12-8-4-2-3-5-9(8)13-11/h2-5H,6-7H2,1H3,(H,16,17)(H2,12,13,14). The van der Waals surface area contributed by atoms with Crippen molar-refractivity contribution >= 4 is 33.2 Å². The zero-order valence-corrected chi connectivity index (χ0v) is 11.5. The summed E-state index contributed by atoms with van der Waals surface area (Å²) in [6.07, 6.45) is -0.266. The van der Waals surface area contributed by atoms with Crippen LogP contribution in [0.5, 0.6) is 0 Å². The number of benzene rings is 1. The van der Waals surface area contributed by atoms with Crippen LogP contribution in [0.25, 0.3) is 11.0 Å². The zero-order valence-electron chi connectivity index (χ0n) is 10.7. The molecular formula is C11H14N4O4S. The Hall–Kier alpha value is -2.13. The monoisotopic (exact) mass is 298 g/mol. The van der Waals surface area contributed by atoms with Gasteiger partial charge in [0.05, 0.1) is 17.5 Å². The molecule has 1 aromatic carbocycles. The minimum Gasteiger partial charge on any atom is -0.481 e. The van der Waals surface area contributed by atoms with Gasteiger partial charge < -0.3 is 10.1 Å². The van der Waals surface area contributed by atoms with Crippen molar-refractivity contribution in [3.63, 3.8) is 0 Å². The van der Waals surface area contributed by atoms with E-state index in [0.29, 0.717) is 11.0 Å². The van der Waals surface area contributed by atoms with Gasteiger partial charge in [-0.15, -0.1) is 0 Å². The van der Waals surface area contributed by atoms with Crippen molar-refractivity contribution in [3.8, 4) is 0 Å². The number of para-hydroxylation sites is 2. The second-order valence-electron chi connectivity index (χ2n) is 4.17. The van der Waals surface area contributed by atoms with Gasteiger partial charge in [-0.05, 0) is 12.1 Å². The van der Waals surface area contributed by atoms with E-state index in [-0.39, 0.29) is 18.9 Å². The Morgan fingerprint density at radius 3 is 2.80 bits per heavy atom. The maximum absolute atomic E-state index is 12.0. The number of carbonyl (C=O) groups is 1. The second-order valence-corrected chi connectivity index (χ2v) is 5.95. The molecule has 0 atom stereocenters. The van der Waals surface area contributed by atoms with Gasteiger partial charge in [0.25, 0.3) is 0 Å². The molecule has 0 radical (unpaired) electrons. The van der Waals surface area contributed by atoms with E-state index in [1.807, 2.05) is 0 Å². The van der Waals surface area contributed by atoms with Crippen molar-refractivity contribution in [1.29, 1.82) is 0 Å². The predicted octanol–water partition coefficient (Wildman–Crippen LogP) is 0.626. The van der Waals surface area contributed by atoms with E-state index in [0.717, 1.165) is 4.31 Å². The van der Waals surface area contributed by atoms with Crippen molar-refractivity contribution in [1.82, 2.24) is 14.3 Å². The third kappa shape index (κ3) is 3.25. The molecule has 2 rings (SSSR count). The molecule has 8 nitrogen and oxygen atoms in total. The summed E-state index contributed by atoms with van der Waals surface area (Å²) in [5.41, 5.74) is 1.34. The first kappa shape index (κ1) is 14.3. The predicted molar refractivity (Wildman–Crippen MR) is 73.5 cm³/mol. The summed E-state index contributed by atoms with van der Waals surface area (Å²) in [7, 11) is -2.53.